The zero-order valence-corrected chi connectivity index (χ0v) is 13.4. The van der Waals surface area contributed by atoms with Crippen LogP contribution in [0.1, 0.15) is 39.9 Å². The van der Waals surface area contributed by atoms with Crippen molar-refractivity contribution in [3.63, 3.8) is 0 Å². The Morgan fingerprint density at radius 1 is 1.42 bits per heavy atom. The molecule has 1 aromatic heterocycles. The fourth-order valence-corrected chi connectivity index (χ4v) is 2.30. The molecule has 7 heteroatoms. The smallest absolute Gasteiger partial charge is 0.280 e. The fraction of sp³-hybridized carbons (Fsp3) is 0.750. The average molecular weight is 309 g/mol. The van der Waals surface area contributed by atoms with Crippen LogP contribution in [0.2, 0.25) is 0 Å². The van der Waals surface area contributed by atoms with Crippen LogP contribution in [-0.2, 0) is 26.8 Å². The predicted molar refractivity (Wildman–Crippen MR) is 75.0 cm³/mol. The molecule has 0 bridgehead atoms. The second-order valence-electron chi connectivity index (χ2n) is 5.34. The van der Waals surface area contributed by atoms with Gasteiger partial charge < -0.3 is 9.30 Å². The summed E-state index contributed by atoms with van der Waals surface area (Å²) in [6.45, 7) is 9.00. The van der Waals surface area contributed by atoms with E-state index in [2.05, 4.69) is 4.98 Å². The molecule has 0 spiro atoms. The van der Waals surface area contributed by atoms with Crippen LogP contribution in [0.3, 0.4) is 0 Å². The number of imidazole rings is 1. The maximum atomic E-state index is 11.3. The van der Waals surface area contributed by atoms with Crippen molar-refractivity contribution in [2.45, 2.75) is 57.7 Å². The highest BCUT2D eigenvalue weighted by Crippen LogP contribution is 2.16. The van der Waals surface area contributed by atoms with Gasteiger partial charge in [0.15, 0.2) is 5.03 Å². The summed E-state index contributed by atoms with van der Waals surface area (Å²) in [6.07, 6.45) is 3.07. The lowest BCUT2D eigenvalue weighted by molar-refractivity contribution is -0.00709. The summed E-state index contributed by atoms with van der Waals surface area (Å²) >= 11 is 0. The molecule has 19 heavy (non-hydrogen) atoms. The average Bonchev–Trinajstić information content (AvgIpc) is 2.60. The van der Waals surface area contributed by atoms with Crippen LogP contribution < -0.4 is 0 Å². The number of rotatable bonds is 6. The van der Waals surface area contributed by atoms with Gasteiger partial charge in [0.25, 0.3) is 9.05 Å². The van der Waals surface area contributed by atoms with Crippen LogP contribution in [0.25, 0.3) is 0 Å². The Kier molecular flexibility index (Phi) is 5.41. The zero-order chi connectivity index (χ0) is 14.7. The molecule has 0 amide bonds. The van der Waals surface area contributed by atoms with Gasteiger partial charge in [0.05, 0.1) is 12.2 Å². The Bertz CT molecular complexity index is 518. The normalized spacial score (nSPS) is 12.9. The molecule has 5 nitrogen and oxygen atoms in total. The van der Waals surface area contributed by atoms with E-state index >= 15 is 0 Å². The molecule has 1 rings (SSSR count). The number of halogens is 1. The van der Waals surface area contributed by atoms with Crippen molar-refractivity contribution in [3.8, 4) is 0 Å². The lowest BCUT2D eigenvalue weighted by atomic mass is 10.2. The number of ether oxygens (including phenoxy) is 1. The van der Waals surface area contributed by atoms with Gasteiger partial charge in [-0.15, -0.1) is 0 Å². The van der Waals surface area contributed by atoms with Crippen molar-refractivity contribution >= 4 is 19.7 Å². The van der Waals surface area contributed by atoms with E-state index in [1.54, 1.807) is 4.57 Å². The third kappa shape index (κ3) is 5.50. The summed E-state index contributed by atoms with van der Waals surface area (Å²) in [7, 11) is 1.54. The highest BCUT2D eigenvalue weighted by Gasteiger charge is 2.18. The second kappa shape index (κ2) is 6.24. The van der Waals surface area contributed by atoms with E-state index in [4.69, 9.17) is 15.4 Å². The summed E-state index contributed by atoms with van der Waals surface area (Å²) < 4.78 is 30.0. The van der Waals surface area contributed by atoms with Gasteiger partial charge in [0.2, 0.25) is 0 Å². The monoisotopic (exact) mass is 308 g/mol. The van der Waals surface area contributed by atoms with E-state index in [0.29, 0.717) is 19.6 Å². The highest BCUT2D eigenvalue weighted by atomic mass is 35.7. The maximum Gasteiger partial charge on any atom is 0.280 e. The Morgan fingerprint density at radius 2 is 2.05 bits per heavy atom. The summed E-state index contributed by atoms with van der Waals surface area (Å²) in [5.41, 5.74) is -0.215. The maximum absolute atomic E-state index is 11.3. The van der Waals surface area contributed by atoms with Crippen LogP contribution in [0.15, 0.2) is 11.2 Å². The minimum absolute atomic E-state index is 0.0895. The first kappa shape index (κ1) is 16.5. The van der Waals surface area contributed by atoms with Crippen molar-refractivity contribution in [1.82, 2.24) is 9.55 Å². The molecular formula is C12H21ClN2O3S. The lowest BCUT2D eigenvalue weighted by Crippen LogP contribution is -2.22. The van der Waals surface area contributed by atoms with Gasteiger partial charge in [-0.3, -0.25) is 0 Å². The van der Waals surface area contributed by atoms with Gasteiger partial charge in [0, 0.05) is 29.8 Å². The van der Waals surface area contributed by atoms with Gasteiger partial charge >= 0.3 is 0 Å². The number of aryl methyl sites for hydroxylation is 1. The first-order chi connectivity index (χ1) is 8.63. The molecule has 0 aromatic carbocycles. The molecule has 0 aliphatic carbocycles. The van der Waals surface area contributed by atoms with Crippen LogP contribution in [-0.4, -0.2) is 30.2 Å². The van der Waals surface area contributed by atoms with Crippen molar-refractivity contribution in [1.29, 1.82) is 0 Å². The van der Waals surface area contributed by atoms with E-state index in [1.807, 2.05) is 27.7 Å². The molecule has 1 heterocycles. The van der Waals surface area contributed by atoms with Crippen molar-refractivity contribution in [2.24, 2.45) is 0 Å². The number of hydrogen-bond acceptors (Lipinski definition) is 4. The number of nitrogens with zero attached hydrogens (tertiary/aromatic N) is 2. The molecule has 0 fully saturated rings. The second-order valence-corrected chi connectivity index (χ2v) is 7.85. The lowest BCUT2D eigenvalue weighted by Gasteiger charge is -2.19. The largest absolute Gasteiger partial charge is 0.374 e. The molecule has 0 aliphatic heterocycles. The first-order valence-corrected chi connectivity index (χ1v) is 8.59. The molecule has 0 unspecified atom stereocenters. The van der Waals surface area contributed by atoms with Crippen LogP contribution >= 0.6 is 10.7 Å². The van der Waals surface area contributed by atoms with Crippen LogP contribution in [0, 0.1) is 0 Å². The topological polar surface area (TPSA) is 61.2 Å². The molecule has 0 radical (unpaired) electrons. The van der Waals surface area contributed by atoms with E-state index in [9.17, 15) is 8.42 Å². The van der Waals surface area contributed by atoms with Crippen molar-refractivity contribution < 1.29 is 13.2 Å². The standard InChI is InChI=1S/C12H21ClN2O3S/c1-5-6-10-14-11(19(13,16)17)9-15(10)7-8-18-12(2,3)4/h9H,5-8H2,1-4H3. The molecule has 0 saturated carbocycles. The minimum Gasteiger partial charge on any atom is -0.374 e. The molecular weight excluding hydrogens is 288 g/mol. The Morgan fingerprint density at radius 3 is 2.53 bits per heavy atom. The van der Waals surface area contributed by atoms with Gasteiger partial charge in [-0.2, -0.15) is 0 Å². The first-order valence-electron chi connectivity index (χ1n) is 6.28. The molecule has 0 saturated heterocycles. The Balaban J connectivity index is 2.83. The molecule has 1 aromatic rings. The van der Waals surface area contributed by atoms with Crippen LogP contribution in [0.5, 0.6) is 0 Å². The third-order valence-electron chi connectivity index (χ3n) is 2.43. The Hall–Kier alpha value is -0.590. The van der Waals surface area contributed by atoms with Gasteiger partial charge in [-0.25, -0.2) is 13.4 Å². The zero-order valence-electron chi connectivity index (χ0n) is 11.8. The van der Waals surface area contributed by atoms with Crippen molar-refractivity contribution in [3.05, 3.63) is 12.0 Å². The van der Waals surface area contributed by atoms with Gasteiger partial charge in [0.1, 0.15) is 5.82 Å². The van der Waals surface area contributed by atoms with Crippen molar-refractivity contribution in [2.75, 3.05) is 6.61 Å². The molecule has 0 atom stereocenters. The van der Waals surface area contributed by atoms with Crippen LogP contribution in [0.4, 0.5) is 0 Å². The molecule has 110 valence electrons. The summed E-state index contributed by atoms with van der Waals surface area (Å²) in [5, 5.41) is -0.0895. The third-order valence-corrected chi connectivity index (χ3v) is 3.60. The number of hydrogen-bond donors (Lipinski definition) is 0. The highest BCUT2D eigenvalue weighted by molar-refractivity contribution is 8.13. The van der Waals surface area contributed by atoms with Gasteiger partial charge in [-0.1, -0.05) is 6.92 Å². The predicted octanol–water partition coefficient (Wildman–Crippen LogP) is 2.58. The van der Waals surface area contributed by atoms with E-state index < -0.39 is 9.05 Å². The van der Waals surface area contributed by atoms with E-state index in [1.165, 1.54) is 6.20 Å². The van der Waals surface area contributed by atoms with E-state index in [0.717, 1.165) is 12.2 Å². The minimum atomic E-state index is -3.78. The summed E-state index contributed by atoms with van der Waals surface area (Å²) in [6, 6.07) is 0. The van der Waals surface area contributed by atoms with Gasteiger partial charge in [-0.05, 0) is 27.2 Å². The summed E-state index contributed by atoms with van der Waals surface area (Å²) in [4.78, 5) is 4.07. The SMILES string of the molecule is CCCc1nc(S(=O)(=O)Cl)cn1CCOC(C)(C)C. The summed E-state index contributed by atoms with van der Waals surface area (Å²) in [5.74, 6) is 0.722. The Labute approximate surface area is 119 Å². The molecule has 0 aliphatic rings. The molecule has 0 N–H and O–H groups in total. The fourth-order valence-electron chi connectivity index (χ4n) is 1.61. The quantitative estimate of drug-likeness (QED) is 0.758. The van der Waals surface area contributed by atoms with E-state index in [-0.39, 0.29) is 10.6 Å². The number of aromatic nitrogens is 2.